The third-order valence-electron chi connectivity index (χ3n) is 5.58. The number of aryl methyl sites for hydroxylation is 3. The van der Waals surface area contributed by atoms with Crippen LogP contribution in [0.5, 0.6) is 0 Å². The van der Waals surface area contributed by atoms with E-state index in [0.29, 0.717) is 16.9 Å². The van der Waals surface area contributed by atoms with Gasteiger partial charge in [0.25, 0.3) is 5.91 Å². The molecule has 3 rings (SSSR count). The number of sulfonamides is 1. The fraction of sp³-hybridized carbons (Fsp3) is 0.417. The first-order valence-corrected chi connectivity index (χ1v) is 13.2. The lowest BCUT2D eigenvalue weighted by Crippen LogP contribution is -2.27. The quantitative estimate of drug-likeness (QED) is 0.468. The molecule has 0 bridgehead atoms. The van der Waals surface area contributed by atoms with E-state index in [4.69, 9.17) is 0 Å². The largest absolute Gasteiger partial charge is 0.316 e. The molecule has 1 heterocycles. The summed E-state index contributed by atoms with van der Waals surface area (Å²) in [6.07, 6.45) is 2.65. The predicted octanol–water partition coefficient (Wildman–Crippen LogP) is 4.89. The number of amides is 1. The Bertz CT molecular complexity index is 1290. The van der Waals surface area contributed by atoms with Gasteiger partial charge in [0.05, 0.1) is 15.1 Å². The summed E-state index contributed by atoms with van der Waals surface area (Å²) in [5, 5.41) is 0. The minimum absolute atomic E-state index is 0.182. The fourth-order valence-electron chi connectivity index (χ4n) is 3.45. The van der Waals surface area contributed by atoms with Crippen molar-refractivity contribution >= 4 is 37.5 Å². The van der Waals surface area contributed by atoms with Crippen molar-refractivity contribution in [2.75, 3.05) is 13.6 Å². The van der Waals surface area contributed by atoms with Crippen LogP contribution in [-0.2, 0) is 16.6 Å². The summed E-state index contributed by atoms with van der Waals surface area (Å²) >= 11 is 1.50. The Morgan fingerprint density at radius 2 is 1.72 bits per heavy atom. The predicted molar refractivity (Wildman–Crippen MR) is 131 cm³/mol. The summed E-state index contributed by atoms with van der Waals surface area (Å²) in [5.74, 6) is -0.377. The van der Waals surface area contributed by atoms with Crippen molar-refractivity contribution in [3.8, 4) is 0 Å². The van der Waals surface area contributed by atoms with Crippen LogP contribution in [0, 0.1) is 13.8 Å². The number of carbonyl (C=O) groups is 1. The lowest BCUT2D eigenvalue weighted by atomic mass is 10.1. The molecular weight excluding hydrogens is 442 g/mol. The number of unbranched alkanes of at least 4 members (excludes halogenated alkanes) is 1. The first kappa shape index (κ1) is 24.4. The Hall–Kier alpha value is -2.29. The Labute approximate surface area is 194 Å². The van der Waals surface area contributed by atoms with Crippen molar-refractivity contribution in [3.63, 3.8) is 0 Å². The topological polar surface area (TPSA) is 71.7 Å². The van der Waals surface area contributed by atoms with Gasteiger partial charge < -0.3 is 4.57 Å². The zero-order valence-electron chi connectivity index (χ0n) is 19.4. The first-order valence-electron chi connectivity index (χ1n) is 10.9. The number of nitrogens with zero attached hydrogens (tertiary/aromatic N) is 3. The van der Waals surface area contributed by atoms with Crippen molar-refractivity contribution < 1.29 is 13.2 Å². The highest BCUT2D eigenvalue weighted by atomic mass is 32.2. The maximum atomic E-state index is 12.9. The Balaban J connectivity index is 1.95. The average molecular weight is 474 g/mol. The Kier molecular flexibility index (Phi) is 7.69. The van der Waals surface area contributed by atoms with Gasteiger partial charge in [-0.3, -0.25) is 4.79 Å². The molecule has 2 aromatic carbocycles. The SMILES string of the molecule is CCCCN(C)S(=O)(=O)c1ccc(C(=O)N=c2sc3cc(C)c(C)cc3n2CCC)cc1. The molecule has 0 fully saturated rings. The van der Waals surface area contributed by atoms with E-state index in [0.717, 1.165) is 36.0 Å². The number of fused-ring (bicyclic) bond motifs is 1. The molecule has 0 saturated heterocycles. The van der Waals surface area contributed by atoms with E-state index >= 15 is 0 Å². The third-order valence-corrected chi connectivity index (χ3v) is 8.49. The standard InChI is InChI=1S/C24H31N3O3S2/c1-6-8-14-26(5)32(29,30)20-11-9-19(10-12-20)23(28)25-24-27(13-7-2)21-15-17(3)18(4)16-22(21)31-24/h9-12,15-16H,6-8,13-14H2,1-5H3. The fourth-order valence-corrected chi connectivity index (χ4v) is 5.79. The second kappa shape index (κ2) is 10.1. The van der Waals surface area contributed by atoms with E-state index in [-0.39, 0.29) is 10.8 Å². The van der Waals surface area contributed by atoms with Crippen LogP contribution in [0.3, 0.4) is 0 Å². The van der Waals surface area contributed by atoms with Crippen molar-refractivity contribution in [3.05, 3.63) is 57.9 Å². The highest BCUT2D eigenvalue weighted by Crippen LogP contribution is 2.22. The van der Waals surface area contributed by atoms with Gasteiger partial charge in [-0.1, -0.05) is 31.6 Å². The second-order valence-corrected chi connectivity index (χ2v) is 11.1. The number of hydrogen-bond donors (Lipinski definition) is 0. The number of rotatable bonds is 8. The van der Waals surface area contributed by atoms with E-state index in [1.165, 1.54) is 51.0 Å². The van der Waals surface area contributed by atoms with Gasteiger partial charge in [-0.2, -0.15) is 4.99 Å². The molecule has 172 valence electrons. The molecule has 0 unspecified atom stereocenters. The molecule has 0 N–H and O–H groups in total. The molecule has 0 radical (unpaired) electrons. The molecular formula is C24H31N3O3S2. The molecule has 6 nitrogen and oxygen atoms in total. The van der Waals surface area contributed by atoms with Crippen LogP contribution in [0.4, 0.5) is 0 Å². The van der Waals surface area contributed by atoms with Gasteiger partial charge in [0, 0.05) is 25.7 Å². The molecule has 3 aromatic rings. The van der Waals surface area contributed by atoms with E-state index in [9.17, 15) is 13.2 Å². The molecule has 0 aliphatic heterocycles. The minimum atomic E-state index is -3.56. The number of carbonyl (C=O) groups excluding carboxylic acids is 1. The zero-order chi connectivity index (χ0) is 23.5. The van der Waals surface area contributed by atoms with Gasteiger partial charge >= 0.3 is 0 Å². The first-order chi connectivity index (χ1) is 15.2. The highest BCUT2D eigenvalue weighted by Gasteiger charge is 2.20. The summed E-state index contributed by atoms with van der Waals surface area (Å²) in [5.41, 5.74) is 3.87. The molecule has 1 aromatic heterocycles. The molecule has 8 heteroatoms. The van der Waals surface area contributed by atoms with Gasteiger partial charge in [-0.25, -0.2) is 12.7 Å². The maximum Gasteiger partial charge on any atom is 0.279 e. The van der Waals surface area contributed by atoms with Crippen LogP contribution in [0.25, 0.3) is 10.2 Å². The van der Waals surface area contributed by atoms with Gasteiger partial charge in [0.15, 0.2) is 4.80 Å². The van der Waals surface area contributed by atoms with E-state index in [2.05, 4.69) is 42.5 Å². The number of aromatic nitrogens is 1. The van der Waals surface area contributed by atoms with Crippen molar-refractivity contribution in [1.82, 2.24) is 8.87 Å². The van der Waals surface area contributed by atoms with Crippen molar-refractivity contribution in [2.24, 2.45) is 4.99 Å². The van der Waals surface area contributed by atoms with E-state index in [1.807, 2.05) is 6.92 Å². The van der Waals surface area contributed by atoms with Crippen LogP contribution in [0.1, 0.15) is 54.6 Å². The summed E-state index contributed by atoms with van der Waals surface area (Å²) < 4.78 is 29.9. The van der Waals surface area contributed by atoms with Crippen LogP contribution in [-0.4, -0.2) is 36.8 Å². The number of hydrogen-bond acceptors (Lipinski definition) is 4. The Morgan fingerprint density at radius 3 is 2.34 bits per heavy atom. The smallest absolute Gasteiger partial charge is 0.279 e. The minimum Gasteiger partial charge on any atom is -0.316 e. The summed E-state index contributed by atoms with van der Waals surface area (Å²) in [7, 11) is -1.98. The number of benzene rings is 2. The van der Waals surface area contributed by atoms with Gasteiger partial charge in [0.2, 0.25) is 10.0 Å². The highest BCUT2D eigenvalue weighted by molar-refractivity contribution is 7.89. The molecule has 32 heavy (non-hydrogen) atoms. The summed E-state index contributed by atoms with van der Waals surface area (Å²) in [6.45, 7) is 9.52. The van der Waals surface area contributed by atoms with Crippen molar-refractivity contribution in [1.29, 1.82) is 0 Å². The molecule has 0 saturated carbocycles. The van der Waals surface area contributed by atoms with Gasteiger partial charge in [-0.05, 0) is 74.2 Å². The molecule has 0 spiro atoms. The van der Waals surface area contributed by atoms with Crippen LogP contribution < -0.4 is 4.80 Å². The Morgan fingerprint density at radius 1 is 1.06 bits per heavy atom. The zero-order valence-corrected chi connectivity index (χ0v) is 21.0. The maximum absolute atomic E-state index is 12.9. The van der Waals surface area contributed by atoms with Crippen LogP contribution >= 0.6 is 11.3 Å². The van der Waals surface area contributed by atoms with Crippen molar-refractivity contribution in [2.45, 2.75) is 58.4 Å². The number of thiazole rings is 1. The molecule has 0 atom stereocenters. The molecule has 0 aliphatic rings. The van der Waals surface area contributed by atoms with Crippen LogP contribution in [0.15, 0.2) is 46.3 Å². The lowest BCUT2D eigenvalue weighted by molar-refractivity contribution is 0.0997. The molecule has 1 amide bonds. The average Bonchev–Trinajstić information content (AvgIpc) is 3.08. The van der Waals surface area contributed by atoms with Crippen LogP contribution in [0.2, 0.25) is 0 Å². The summed E-state index contributed by atoms with van der Waals surface area (Å²) in [6, 6.07) is 10.3. The third kappa shape index (κ3) is 5.03. The second-order valence-electron chi connectivity index (χ2n) is 8.06. The lowest BCUT2D eigenvalue weighted by Gasteiger charge is -2.16. The van der Waals surface area contributed by atoms with E-state index < -0.39 is 10.0 Å². The van der Waals surface area contributed by atoms with Gasteiger partial charge in [0.1, 0.15) is 0 Å². The summed E-state index contributed by atoms with van der Waals surface area (Å²) in [4.78, 5) is 18.1. The monoisotopic (exact) mass is 473 g/mol. The normalized spacial score (nSPS) is 12.8. The van der Waals surface area contributed by atoms with E-state index in [1.54, 1.807) is 7.05 Å². The van der Waals surface area contributed by atoms with Gasteiger partial charge in [-0.15, -0.1) is 0 Å². The molecule has 0 aliphatic carbocycles.